The van der Waals surface area contributed by atoms with Gasteiger partial charge in [0, 0.05) is 37.6 Å². The number of carbonyl (C=O) groups excluding carboxylic acids is 1. The zero-order chi connectivity index (χ0) is 32.2. The number of fused-ring (bicyclic) bond motifs is 1. The Balaban J connectivity index is 1.66. The zero-order valence-corrected chi connectivity index (χ0v) is 25.5. The third kappa shape index (κ3) is 5.02. The number of nitrogens with two attached hydrogens (primary N) is 1. The van der Waals surface area contributed by atoms with E-state index in [1.54, 1.807) is 16.7 Å². The lowest BCUT2D eigenvalue weighted by molar-refractivity contribution is -0.126. The summed E-state index contributed by atoms with van der Waals surface area (Å²) in [6, 6.07) is 5.96. The number of benzene rings is 1. The van der Waals surface area contributed by atoms with Gasteiger partial charge in [-0.25, -0.2) is 31.5 Å². The van der Waals surface area contributed by atoms with Gasteiger partial charge in [0.05, 0.1) is 32.5 Å². The fourth-order valence-electron chi connectivity index (χ4n) is 5.99. The molecule has 6 rings (SSSR count). The number of pyridine rings is 2. The van der Waals surface area contributed by atoms with Crippen LogP contribution in [0.3, 0.4) is 0 Å². The Morgan fingerprint density at radius 2 is 1.89 bits per heavy atom. The van der Waals surface area contributed by atoms with E-state index in [1.807, 2.05) is 6.92 Å². The Kier molecular flexibility index (Phi) is 7.63. The predicted molar refractivity (Wildman–Crippen MR) is 166 cm³/mol. The van der Waals surface area contributed by atoms with Crippen molar-refractivity contribution in [1.29, 1.82) is 0 Å². The van der Waals surface area contributed by atoms with Gasteiger partial charge >= 0.3 is 5.69 Å². The number of anilines is 2. The Bertz CT molecular complexity index is 2030. The molecule has 1 saturated heterocycles. The molecule has 234 valence electrons. The maximum atomic E-state index is 16.0. The number of aryl methyl sites for hydroxylation is 1. The number of aromatic nitrogens is 4. The summed E-state index contributed by atoms with van der Waals surface area (Å²) in [7, 11) is -3.89. The van der Waals surface area contributed by atoms with E-state index in [1.165, 1.54) is 30.5 Å². The van der Waals surface area contributed by atoms with Crippen molar-refractivity contribution in [3.63, 3.8) is 0 Å². The van der Waals surface area contributed by atoms with Crippen molar-refractivity contribution in [2.45, 2.75) is 49.3 Å². The maximum absolute atomic E-state index is 16.0. The highest BCUT2D eigenvalue weighted by atomic mass is 32.2. The summed E-state index contributed by atoms with van der Waals surface area (Å²) in [5, 5.41) is -0.543. The molecule has 45 heavy (non-hydrogen) atoms. The lowest BCUT2D eigenvalue weighted by Crippen LogP contribution is -2.54. The van der Waals surface area contributed by atoms with Gasteiger partial charge in [-0.2, -0.15) is 4.98 Å². The molecule has 0 bridgehead atoms. The fraction of sp³-hybridized carbons (Fsp3) is 0.323. The number of amides is 1. The second kappa shape index (κ2) is 11.3. The predicted octanol–water partition coefficient (Wildman–Crippen LogP) is 3.56. The summed E-state index contributed by atoms with van der Waals surface area (Å²) in [5.41, 5.74) is 4.33. The number of hydrogen-bond acceptors (Lipinski definition) is 9. The molecule has 0 spiro atoms. The summed E-state index contributed by atoms with van der Waals surface area (Å²) < 4.78 is 59.6. The number of nitrogens with zero attached hydrogens (tertiary/aromatic N) is 6. The number of carbonyl (C=O) groups is 1. The maximum Gasteiger partial charge on any atom is 0.355 e. The van der Waals surface area contributed by atoms with E-state index in [0.717, 1.165) is 23.1 Å². The first kappa shape index (κ1) is 30.3. The summed E-state index contributed by atoms with van der Waals surface area (Å²) in [6.45, 7) is 7.74. The number of sulfone groups is 1. The average Bonchev–Trinajstić information content (AvgIpc) is 2.96. The summed E-state index contributed by atoms with van der Waals surface area (Å²) in [6.07, 6.45) is 4.30. The van der Waals surface area contributed by atoms with Gasteiger partial charge in [0.2, 0.25) is 5.91 Å². The first-order valence-electron chi connectivity index (χ1n) is 14.5. The molecule has 1 aromatic carbocycles. The highest BCUT2D eigenvalue weighted by molar-refractivity contribution is 7.92. The van der Waals surface area contributed by atoms with E-state index < -0.39 is 38.1 Å². The molecular weight excluding hydrogens is 604 g/mol. The van der Waals surface area contributed by atoms with E-state index in [0.29, 0.717) is 12.8 Å². The van der Waals surface area contributed by atoms with Crippen LogP contribution in [0.15, 0.2) is 58.9 Å². The van der Waals surface area contributed by atoms with E-state index in [2.05, 4.69) is 21.5 Å². The van der Waals surface area contributed by atoms with Crippen molar-refractivity contribution >= 4 is 38.3 Å². The van der Waals surface area contributed by atoms with Crippen LogP contribution in [0.1, 0.15) is 31.9 Å². The molecule has 2 aliphatic rings. The minimum Gasteiger partial charge on any atom is -0.398 e. The van der Waals surface area contributed by atoms with Crippen LogP contribution in [-0.2, 0) is 14.6 Å². The largest absolute Gasteiger partial charge is 0.398 e. The number of hydrogen-bond donors (Lipinski definition) is 1. The molecule has 1 amide bonds. The minimum absolute atomic E-state index is 0.0561. The highest BCUT2D eigenvalue weighted by Gasteiger charge is 2.37. The Labute approximate surface area is 257 Å². The molecule has 1 aliphatic heterocycles. The van der Waals surface area contributed by atoms with Crippen molar-refractivity contribution in [2.75, 3.05) is 30.3 Å². The number of rotatable bonds is 6. The lowest BCUT2D eigenvalue weighted by Gasteiger charge is -2.40. The molecule has 3 aromatic heterocycles. The number of nitrogen functional groups attached to an aromatic ring is 1. The first-order valence-corrected chi connectivity index (χ1v) is 16.0. The van der Waals surface area contributed by atoms with Crippen LogP contribution in [-0.4, -0.2) is 69.7 Å². The summed E-state index contributed by atoms with van der Waals surface area (Å²) in [4.78, 5) is 42.7. The topological polar surface area (TPSA) is 144 Å². The molecule has 1 atom stereocenters. The van der Waals surface area contributed by atoms with Gasteiger partial charge < -0.3 is 15.5 Å². The van der Waals surface area contributed by atoms with E-state index >= 15 is 8.78 Å². The standard InChI is InChI=1S/C31H31F2N7O4S/c1-4-25(41)38-13-14-39(17(2)16-38)29-20-15-22(33)27(26-21(32)9-6-10-23(26)34)36-30(20)40(31(42)37-29)28-18(3)35-12-11-24(28)45(43,44)19-7-5-8-19/h4,6,9-12,15,17,19H,1,5,7-8,13-14,16,34H2,2-3H3/t17-/m0/s1. The van der Waals surface area contributed by atoms with Crippen LogP contribution >= 0.6 is 0 Å². The van der Waals surface area contributed by atoms with E-state index in [-0.39, 0.29) is 76.0 Å². The molecule has 4 aromatic rings. The molecule has 2 fully saturated rings. The molecule has 1 aliphatic carbocycles. The van der Waals surface area contributed by atoms with Crippen LogP contribution in [0.4, 0.5) is 20.3 Å². The third-order valence-corrected chi connectivity index (χ3v) is 10.9. The molecular formula is C31H31F2N7O4S. The van der Waals surface area contributed by atoms with Gasteiger partial charge in [-0.1, -0.05) is 19.1 Å². The van der Waals surface area contributed by atoms with Gasteiger partial charge in [-0.3, -0.25) is 9.78 Å². The van der Waals surface area contributed by atoms with Gasteiger partial charge in [-0.05, 0) is 57.0 Å². The quantitative estimate of drug-likeness (QED) is 0.248. The van der Waals surface area contributed by atoms with Crippen molar-refractivity contribution in [3.05, 3.63) is 77.0 Å². The fourth-order valence-corrected chi connectivity index (χ4v) is 8.06. The normalized spacial score (nSPS) is 17.4. The number of piperazine rings is 1. The van der Waals surface area contributed by atoms with Crippen LogP contribution < -0.4 is 16.3 Å². The molecule has 4 heterocycles. The first-order chi connectivity index (χ1) is 21.4. The summed E-state index contributed by atoms with van der Waals surface area (Å²) >= 11 is 0. The average molecular weight is 636 g/mol. The van der Waals surface area contributed by atoms with Crippen molar-refractivity contribution in [2.24, 2.45) is 0 Å². The Hall–Kier alpha value is -4.72. The molecule has 14 heteroatoms. The Morgan fingerprint density at radius 3 is 2.53 bits per heavy atom. The van der Waals surface area contributed by atoms with Crippen LogP contribution in [0.5, 0.6) is 0 Å². The van der Waals surface area contributed by atoms with E-state index in [4.69, 9.17) is 5.73 Å². The second-order valence-corrected chi connectivity index (χ2v) is 13.5. The highest BCUT2D eigenvalue weighted by Crippen LogP contribution is 2.37. The molecule has 11 nitrogen and oxygen atoms in total. The molecule has 2 N–H and O–H groups in total. The van der Waals surface area contributed by atoms with E-state index in [9.17, 15) is 18.0 Å². The third-order valence-electron chi connectivity index (χ3n) is 8.56. The van der Waals surface area contributed by atoms with Gasteiger partial charge in [-0.15, -0.1) is 0 Å². The van der Waals surface area contributed by atoms with Gasteiger partial charge in [0.1, 0.15) is 17.3 Å². The number of halogens is 2. The second-order valence-electron chi connectivity index (χ2n) is 11.3. The zero-order valence-electron chi connectivity index (χ0n) is 24.7. The summed E-state index contributed by atoms with van der Waals surface area (Å²) in [5.74, 6) is -1.91. The van der Waals surface area contributed by atoms with Gasteiger partial charge in [0.25, 0.3) is 0 Å². The molecule has 0 radical (unpaired) electrons. The lowest BCUT2D eigenvalue weighted by atomic mass is 10.00. The SMILES string of the molecule is C=CC(=O)N1CCN(c2nc(=O)n(-c3c(S(=O)(=O)C4CCC4)ccnc3C)c3nc(-c4c(N)cccc4F)c(F)cc23)[C@@H](C)C1. The molecule has 1 saturated carbocycles. The smallest absolute Gasteiger partial charge is 0.355 e. The van der Waals surface area contributed by atoms with Crippen LogP contribution in [0.2, 0.25) is 0 Å². The monoisotopic (exact) mass is 635 g/mol. The minimum atomic E-state index is -3.89. The van der Waals surface area contributed by atoms with Crippen molar-refractivity contribution in [1.82, 2.24) is 24.4 Å². The van der Waals surface area contributed by atoms with Crippen molar-refractivity contribution < 1.29 is 22.0 Å². The Morgan fingerprint density at radius 1 is 1.13 bits per heavy atom. The van der Waals surface area contributed by atoms with Crippen LogP contribution in [0, 0.1) is 18.6 Å². The van der Waals surface area contributed by atoms with Crippen LogP contribution in [0.25, 0.3) is 28.0 Å². The van der Waals surface area contributed by atoms with Crippen molar-refractivity contribution in [3.8, 4) is 16.9 Å². The molecule has 0 unspecified atom stereocenters. The van der Waals surface area contributed by atoms with Gasteiger partial charge in [0.15, 0.2) is 21.3 Å².